The molecule has 1 aliphatic heterocycles. The third-order valence-electron chi connectivity index (χ3n) is 6.91. The number of hydrogen-bond acceptors (Lipinski definition) is 5. The number of fused-ring (bicyclic) bond motifs is 3. The van der Waals surface area contributed by atoms with Crippen molar-refractivity contribution in [3.8, 4) is 11.4 Å². The minimum atomic E-state index is -0.338. The number of aromatic nitrogens is 3. The lowest BCUT2D eigenvalue weighted by Crippen LogP contribution is -2.31. The van der Waals surface area contributed by atoms with E-state index < -0.39 is 0 Å². The smallest absolute Gasteiger partial charge is 0.250 e. The van der Waals surface area contributed by atoms with Gasteiger partial charge in [0.15, 0.2) is 0 Å². The zero-order chi connectivity index (χ0) is 20.0. The van der Waals surface area contributed by atoms with Gasteiger partial charge in [-0.1, -0.05) is 12.8 Å². The summed E-state index contributed by atoms with van der Waals surface area (Å²) in [4.78, 5) is 24.1. The lowest BCUT2D eigenvalue weighted by atomic mass is 9.92. The van der Waals surface area contributed by atoms with Gasteiger partial charge in [0.2, 0.25) is 5.95 Å². The summed E-state index contributed by atoms with van der Waals surface area (Å²) in [5, 5.41) is 3.53. The number of aryl methyl sites for hydroxylation is 1. The molecule has 0 bridgehead atoms. The fourth-order valence-corrected chi connectivity index (χ4v) is 5.23. The molecule has 154 valence electrons. The van der Waals surface area contributed by atoms with Gasteiger partial charge in [-0.2, -0.15) is 0 Å². The highest BCUT2D eigenvalue weighted by atomic mass is 16.1. The van der Waals surface area contributed by atoms with Gasteiger partial charge in [-0.05, 0) is 69.8 Å². The number of carbonyl (C=O) groups is 1. The van der Waals surface area contributed by atoms with Crippen LogP contribution in [0.5, 0.6) is 0 Å². The molecule has 2 aliphatic carbocycles. The second-order valence-electron chi connectivity index (χ2n) is 8.87. The van der Waals surface area contributed by atoms with Gasteiger partial charge in [0.05, 0.1) is 17.0 Å². The Morgan fingerprint density at radius 3 is 2.66 bits per heavy atom. The molecule has 3 heterocycles. The molecular formula is C22H30N6O. The second kappa shape index (κ2) is 7.44. The van der Waals surface area contributed by atoms with Crippen molar-refractivity contribution in [2.24, 2.45) is 5.73 Å². The van der Waals surface area contributed by atoms with Crippen molar-refractivity contribution in [1.29, 1.82) is 0 Å². The summed E-state index contributed by atoms with van der Waals surface area (Å²) in [6.07, 6.45) is 12.7. The summed E-state index contributed by atoms with van der Waals surface area (Å²) in [6.45, 7) is 2.13. The third-order valence-corrected chi connectivity index (χ3v) is 6.91. The van der Waals surface area contributed by atoms with Gasteiger partial charge in [-0.15, -0.1) is 0 Å². The van der Waals surface area contributed by atoms with Gasteiger partial charge in [-0.3, -0.25) is 4.79 Å². The highest BCUT2D eigenvalue weighted by molar-refractivity contribution is 5.96. The molecule has 1 amide bonds. The van der Waals surface area contributed by atoms with Crippen LogP contribution in [-0.2, 0) is 12.8 Å². The number of rotatable bonds is 4. The first-order chi connectivity index (χ1) is 14.1. The largest absolute Gasteiger partial charge is 0.366 e. The maximum atomic E-state index is 12.2. The summed E-state index contributed by atoms with van der Waals surface area (Å²) in [6, 6.07) is 0.846. The zero-order valence-corrected chi connectivity index (χ0v) is 17.2. The van der Waals surface area contributed by atoms with Crippen LogP contribution in [0, 0.1) is 0 Å². The number of hydrogen-bond donors (Lipinski definition) is 2. The number of nitrogens with zero attached hydrogens (tertiary/aromatic N) is 4. The molecule has 2 aromatic rings. The predicted octanol–water partition coefficient (Wildman–Crippen LogP) is 2.76. The molecule has 0 aromatic carbocycles. The van der Waals surface area contributed by atoms with Gasteiger partial charge in [0.1, 0.15) is 0 Å². The van der Waals surface area contributed by atoms with Crippen LogP contribution in [0.25, 0.3) is 11.4 Å². The fourth-order valence-electron chi connectivity index (χ4n) is 5.23. The van der Waals surface area contributed by atoms with Crippen LogP contribution >= 0.6 is 0 Å². The molecule has 2 aromatic heterocycles. The first kappa shape index (κ1) is 18.6. The maximum Gasteiger partial charge on any atom is 0.250 e. The van der Waals surface area contributed by atoms with E-state index in [9.17, 15) is 4.79 Å². The highest BCUT2D eigenvalue weighted by Crippen LogP contribution is 2.39. The van der Waals surface area contributed by atoms with E-state index in [1.807, 2.05) is 12.4 Å². The second-order valence-corrected chi connectivity index (χ2v) is 8.87. The summed E-state index contributed by atoms with van der Waals surface area (Å²) >= 11 is 0. The average molecular weight is 395 g/mol. The molecule has 0 atom stereocenters. The molecule has 0 unspecified atom stereocenters. The SMILES string of the molecule is CN1CCC(n2cc(C(N)=O)c3c2-c2nc(NC4CCCC4)ncc2CC3)CC1. The number of primary amides is 1. The molecule has 2 fully saturated rings. The van der Waals surface area contributed by atoms with Crippen molar-refractivity contribution in [3.05, 3.63) is 29.1 Å². The quantitative estimate of drug-likeness (QED) is 0.832. The fraction of sp³-hybridized carbons (Fsp3) is 0.591. The Morgan fingerprint density at radius 1 is 1.17 bits per heavy atom. The van der Waals surface area contributed by atoms with Crippen molar-refractivity contribution in [2.45, 2.75) is 63.5 Å². The van der Waals surface area contributed by atoms with Crippen molar-refractivity contribution < 1.29 is 4.79 Å². The third kappa shape index (κ3) is 3.41. The molecule has 0 spiro atoms. The first-order valence-corrected chi connectivity index (χ1v) is 10.9. The Morgan fingerprint density at radius 2 is 1.93 bits per heavy atom. The Balaban J connectivity index is 1.56. The lowest BCUT2D eigenvalue weighted by molar-refractivity contribution is 0.0999. The lowest BCUT2D eigenvalue weighted by Gasteiger charge is -2.32. The molecule has 1 saturated heterocycles. The molecule has 7 nitrogen and oxygen atoms in total. The van der Waals surface area contributed by atoms with Crippen molar-refractivity contribution in [3.63, 3.8) is 0 Å². The molecule has 1 saturated carbocycles. The minimum absolute atomic E-state index is 0.338. The van der Waals surface area contributed by atoms with Crippen LogP contribution in [0.2, 0.25) is 0 Å². The van der Waals surface area contributed by atoms with Gasteiger partial charge in [0.25, 0.3) is 5.91 Å². The number of nitrogens with two attached hydrogens (primary N) is 1. The topological polar surface area (TPSA) is 89.1 Å². The van der Waals surface area contributed by atoms with Crippen molar-refractivity contribution in [2.75, 3.05) is 25.5 Å². The number of amides is 1. The molecule has 3 N–H and O–H groups in total. The Bertz CT molecular complexity index is 922. The van der Waals surface area contributed by atoms with Crippen LogP contribution < -0.4 is 11.1 Å². The monoisotopic (exact) mass is 394 g/mol. The summed E-state index contributed by atoms with van der Waals surface area (Å²) < 4.78 is 2.30. The first-order valence-electron chi connectivity index (χ1n) is 10.9. The van der Waals surface area contributed by atoms with E-state index in [4.69, 9.17) is 10.7 Å². The van der Waals surface area contributed by atoms with E-state index in [1.54, 1.807) is 0 Å². The number of nitrogens with one attached hydrogen (secondary N) is 1. The van der Waals surface area contributed by atoms with Gasteiger partial charge in [0, 0.05) is 24.5 Å². The Kier molecular flexibility index (Phi) is 4.78. The Labute approximate surface area is 171 Å². The number of likely N-dealkylation sites (tertiary alicyclic amines) is 1. The van der Waals surface area contributed by atoms with E-state index >= 15 is 0 Å². The zero-order valence-electron chi connectivity index (χ0n) is 17.2. The minimum Gasteiger partial charge on any atom is -0.366 e. The van der Waals surface area contributed by atoms with Gasteiger partial charge < -0.3 is 20.5 Å². The Hall–Kier alpha value is -2.41. The summed E-state index contributed by atoms with van der Waals surface area (Å²) in [5.41, 5.74) is 10.7. The molecule has 29 heavy (non-hydrogen) atoms. The van der Waals surface area contributed by atoms with Crippen molar-refractivity contribution >= 4 is 11.9 Å². The number of piperidine rings is 1. The molecule has 7 heteroatoms. The summed E-state index contributed by atoms with van der Waals surface area (Å²) in [7, 11) is 2.17. The molecule has 0 radical (unpaired) electrons. The summed E-state index contributed by atoms with van der Waals surface area (Å²) in [5.74, 6) is 0.370. The van der Waals surface area contributed by atoms with Crippen LogP contribution in [0.15, 0.2) is 12.4 Å². The van der Waals surface area contributed by atoms with E-state index in [-0.39, 0.29) is 5.91 Å². The van der Waals surface area contributed by atoms with Crippen molar-refractivity contribution in [1.82, 2.24) is 19.4 Å². The predicted molar refractivity (Wildman–Crippen MR) is 113 cm³/mol. The van der Waals surface area contributed by atoms with E-state index in [0.29, 0.717) is 23.6 Å². The van der Waals surface area contributed by atoms with Crippen LogP contribution in [-0.4, -0.2) is 51.5 Å². The number of anilines is 1. The normalized spacial score (nSPS) is 20.4. The van der Waals surface area contributed by atoms with E-state index in [1.165, 1.54) is 25.7 Å². The van der Waals surface area contributed by atoms with Crippen LogP contribution in [0.1, 0.15) is 66.1 Å². The maximum absolute atomic E-state index is 12.2. The van der Waals surface area contributed by atoms with Gasteiger partial charge in [-0.25, -0.2) is 9.97 Å². The van der Waals surface area contributed by atoms with Crippen LogP contribution in [0.4, 0.5) is 5.95 Å². The average Bonchev–Trinajstić information content (AvgIpc) is 3.36. The highest BCUT2D eigenvalue weighted by Gasteiger charge is 2.31. The standard InChI is InChI=1S/C22H30N6O/c1-27-10-8-16(9-11-27)28-13-18(21(23)29)17-7-6-14-12-24-22(26-19(14)20(17)28)25-15-4-2-3-5-15/h12-13,15-16H,2-11H2,1H3,(H2,23,29)(H,24,25,26). The molecule has 5 rings (SSSR count). The van der Waals surface area contributed by atoms with E-state index in [0.717, 1.165) is 61.3 Å². The molecule has 3 aliphatic rings. The van der Waals surface area contributed by atoms with Crippen LogP contribution in [0.3, 0.4) is 0 Å². The molecular weight excluding hydrogens is 364 g/mol. The van der Waals surface area contributed by atoms with Gasteiger partial charge >= 0.3 is 0 Å². The van der Waals surface area contributed by atoms with E-state index in [2.05, 4.69) is 26.8 Å². The number of carbonyl (C=O) groups excluding carboxylic acids is 1.